The topological polar surface area (TPSA) is 96.9 Å². The van der Waals surface area contributed by atoms with Gasteiger partial charge in [-0.3, -0.25) is 4.79 Å². The molecule has 6 rings (SSSR count). The zero-order valence-corrected chi connectivity index (χ0v) is 22.2. The van der Waals surface area contributed by atoms with Crippen molar-refractivity contribution in [3.8, 4) is 17.4 Å². The fraction of sp³-hybridized carbons (Fsp3) is 0.357. The number of ether oxygens (including phenoxy) is 2. The Hall–Kier alpha value is -3.79. The molecule has 2 aromatic carbocycles. The number of carbonyl (C=O) groups is 2. The second-order valence-electron chi connectivity index (χ2n) is 9.80. The van der Waals surface area contributed by atoms with E-state index in [1.54, 1.807) is 7.11 Å². The summed E-state index contributed by atoms with van der Waals surface area (Å²) in [6.45, 7) is 4.23. The molecule has 0 saturated carbocycles. The van der Waals surface area contributed by atoms with E-state index < -0.39 is 0 Å². The first-order chi connectivity index (χ1) is 18.5. The number of carbonyl (C=O) groups excluding carboxylic acids is 2. The quantitative estimate of drug-likeness (QED) is 0.501. The third kappa shape index (κ3) is 4.88. The summed E-state index contributed by atoms with van der Waals surface area (Å²) in [7, 11) is 1.65. The lowest BCUT2D eigenvalue weighted by atomic mass is 10.0. The molecule has 0 bridgehead atoms. The fourth-order valence-electron chi connectivity index (χ4n) is 5.42. The molecule has 1 N–H and O–H groups in total. The summed E-state index contributed by atoms with van der Waals surface area (Å²) in [5, 5.41) is 3.24. The molecule has 1 aromatic heterocycles. The average Bonchev–Trinajstić information content (AvgIpc) is 3.22. The van der Waals surface area contributed by atoms with Gasteiger partial charge in [-0.05, 0) is 73.2 Å². The van der Waals surface area contributed by atoms with E-state index in [4.69, 9.17) is 9.47 Å². The van der Waals surface area contributed by atoms with Gasteiger partial charge in [0.05, 0.1) is 7.11 Å². The van der Waals surface area contributed by atoms with Gasteiger partial charge in [0.2, 0.25) is 5.88 Å². The molecule has 0 radical (unpaired) electrons. The van der Waals surface area contributed by atoms with Gasteiger partial charge in [0, 0.05) is 48.7 Å². The first-order valence-corrected chi connectivity index (χ1v) is 13.6. The maximum absolute atomic E-state index is 13.0. The van der Waals surface area contributed by atoms with Crippen molar-refractivity contribution >= 4 is 34.4 Å². The van der Waals surface area contributed by atoms with Crippen LogP contribution in [-0.2, 0) is 17.6 Å². The molecule has 0 unspecified atom stereocenters. The molecule has 4 heterocycles. The van der Waals surface area contributed by atoms with Crippen molar-refractivity contribution in [3.63, 3.8) is 0 Å². The minimum absolute atomic E-state index is 0.0467. The molecule has 10 heteroatoms. The second kappa shape index (κ2) is 10.2. The Morgan fingerprint density at radius 2 is 1.87 bits per heavy atom. The molecule has 38 heavy (non-hydrogen) atoms. The number of aryl methyl sites for hydroxylation is 1. The highest BCUT2D eigenvalue weighted by Crippen LogP contribution is 2.38. The number of methoxy groups -OCH3 is 1. The number of nitrogens with zero attached hydrogens (tertiary/aromatic N) is 4. The van der Waals surface area contributed by atoms with Gasteiger partial charge < -0.3 is 24.6 Å². The second-order valence-corrected chi connectivity index (χ2v) is 10.9. The van der Waals surface area contributed by atoms with E-state index >= 15 is 0 Å². The van der Waals surface area contributed by atoms with E-state index in [1.807, 2.05) is 48.2 Å². The van der Waals surface area contributed by atoms with Crippen molar-refractivity contribution < 1.29 is 19.1 Å². The van der Waals surface area contributed by atoms with E-state index in [0.717, 1.165) is 71.2 Å². The molecule has 0 spiro atoms. The maximum atomic E-state index is 13.0. The highest BCUT2D eigenvalue weighted by atomic mass is 32.2. The third-order valence-electron chi connectivity index (χ3n) is 7.47. The van der Waals surface area contributed by atoms with E-state index in [9.17, 15) is 9.59 Å². The summed E-state index contributed by atoms with van der Waals surface area (Å²) in [5.41, 5.74) is 4.08. The van der Waals surface area contributed by atoms with E-state index in [0.29, 0.717) is 24.6 Å². The van der Waals surface area contributed by atoms with Crippen LogP contribution in [0.2, 0.25) is 0 Å². The van der Waals surface area contributed by atoms with E-state index in [-0.39, 0.29) is 17.2 Å². The SMILES string of the molecule is COc1ccc2c(c1)CCN(C1CCN(c3cc(Oc4cc(C)c5c(c4)SC(=O)C5)ncn3)CC1)C(=O)N2. The number of urea groups is 1. The van der Waals surface area contributed by atoms with Crippen molar-refractivity contribution in [2.45, 2.75) is 43.5 Å². The Morgan fingerprint density at radius 1 is 1.03 bits per heavy atom. The van der Waals surface area contributed by atoms with Crippen LogP contribution < -0.4 is 19.7 Å². The number of rotatable bonds is 5. The Balaban J connectivity index is 1.10. The lowest BCUT2D eigenvalue weighted by Gasteiger charge is -2.38. The molecule has 3 aliphatic heterocycles. The maximum Gasteiger partial charge on any atom is 0.322 e. The minimum Gasteiger partial charge on any atom is -0.497 e. The molecule has 1 saturated heterocycles. The van der Waals surface area contributed by atoms with Gasteiger partial charge in [-0.1, -0.05) is 11.8 Å². The van der Waals surface area contributed by atoms with E-state index in [2.05, 4.69) is 20.2 Å². The van der Waals surface area contributed by atoms with Gasteiger partial charge in [-0.25, -0.2) is 14.8 Å². The van der Waals surface area contributed by atoms with Gasteiger partial charge >= 0.3 is 6.03 Å². The molecule has 196 valence electrons. The van der Waals surface area contributed by atoms with Crippen LogP contribution in [-0.4, -0.2) is 58.8 Å². The molecule has 0 atom stereocenters. The van der Waals surface area contributed by atoms with Gasteiger partial charge in [-0.15, -0.1) is 0 Å². The minimum atomic E-state index is -0.0467. The summed E-state index contributed by atoms with van der Waals surface area (Å²) in [4.78, 5) is 38.8. The van der Waals surface area contributed by atoms with Crippen LogP contribution in [0.5, 0.6) is 17.4 Å². The van der Waals surface area contributed by atoms with Crippen LogP contribution in [0.4, 0.5) is 16.3 Å². The van der Waals surface area contributed by atoms with Gasteiger partial charge in [0.25, 0.3) is 0 Å². The van der Waals surface area contributed by atoms with Crippen molar-refractivity contribution in [2.24, 2.45) is 0 Å². The summed E-state index contributed by atoms with van der Waals surface area (Å²) >= 11 is 1.27. The van der Waals surface area contributed by atoms with Crippen LogP contribution in [0.15, 0.2) is 47.6 Å². The lowest BCUT2D eigenvalue weighted by Crippen LogP contribution is -2.49. The number of anilines is 2. The molecule has 1 fully saturated rings. The number of aromatic nitrogens is 2. The number of fused-ring (bicyclic) bond motifs is 2. The first-order valence-electron chi connectivity index (χ1n) is 12.8. The van der Waals surface area contributed by atoms with Gasteiger partial charge in [0.1, 0.15) is 23.6 Å². The number of benzene rings is 2. The summed E-state index contributed by atoms with van der Waals surface area (Å²) < 4.78 is 11.4. The van der Waals surface area contributed by atoms with Crippen molar-refractivity contribution in [1.29, 1.82) is 0 Å². The highest BCUT2D eigenvalue weighted by Gasteiger charge is 2.31. The predicted octanol–water partition coefficient (Wildman–Crippen LogP) is 4.82. The molecular formula is C28H29N5O4S. The molecular weight excluding hydrogens is 502 g/mol. The Kier molecular flexibility index (Phi) is 6.57. The Morgan fingerprint density at radius 3 is 2.68 bits per heavy atom. The summed E-state index contributed by atoms with van der Waals surface area (Å²) in [6, 6.07) is 11.6. The molecule has 3 aliphatic rings. The number of nitrogens with one attached hydrogen (secondary N) is 1. The number of hydrogen-bond donors (Lipinski definition) is 1. The summed E-state index contributed by atoms with van der Waals surface area (Å²) in [5.74, 6) is 2.73. The van der Waals surface area contributed by atoms with Crippen LogP contribution >= 0.6 is 11.8 Å². The first kappa shape index (κ1) is 24.5. The Bertz CT molecular complexity index is 1410. The van der Waals surface area contributed by atoms with Crippen molar-refractivity contribution in [3.05, 3.63) is 59.4 Å². The monoisotopic (exact) mass is 531 g/mol. The van der Waals surface area contributed by atoms with Crippen LogP contribution in [0.3, 0.4) is 0 Å². The zero-order valence-electron chi connectivity index (χ0n) is 21.4. The highest BCUT2D eigenvalue weighted by molar-refractivity contribution is 8.14. The smallest absolute Gasteiger partial charge is 0.322 e. The molecule has 2 amide bonds. The molecule has 3 aromatic rings. The standard InChI is InChI=1S/C28H29N5O4S/c1-17-11-21(13-24-22(17)14-27(34)38-24)37-26-15-25(29-16-30-26)32-8-6-19(7-9-32)33-10-5-18-12-20(36-2)3-4-23(18)31-28(33)35/h3-4,11-13,15-16,19H,5-10,14H2,1-2H3,(H,31,35). The van der Waals surface area contributed by atoms with Crippen LogP contribution in [0.25, 0.3) is 0 Å². The predicted molar refractivity (Wildman–Crippen MR) is 146 cm³/mol. The average molecular weight is 532 g/mol. The molecule has 0 aliphatic carbocycles. The number of hydrogen-bond acceptors (Lipinski definition) is 8. The Labute approximate surface area is 225 Å². The van der Waals surface area contributed by atoms with Crippen molar-refractivity contribution in [1.82, 2.24) is 14.9 Å². The van der Waals surface area contributed by atoms with Crippen molar-refractivity contribution in [2.75, 3.05) is 37.0 Å². The number of thioether (sulfide) groups is 1. The summed E-state index contributed by atoms with van der Waals surface area (Å²) in [6.07, 6.45) is 4.47. The lowest BCUT2D eigenvalue weighted by molar-refractivity contribution is -0.110. The zero-order chi connectivity index (χ0) is 26.2. The van der Waals surface area contributed by atoms with Crippen LogP contribution in [0, 0.1) is 6.92 Å². The normalized spacial score (nSPS) is 17.5. The molecule has 9 nitrogen and oxygen atoms in total. The van der Waals surface area contributed by atoms with Gasteiger partial charge in [0.15, 0.2) is 5.12 Å². The number of piperidine rings is 1. The number of amides is 2. The fourth-order valence-corrected chi connectivity index (χ4v) is 6.42. The largest absolute Gasteiger partial charge is 0.497 e. The van der Waals surface area contributed by atoms with Crippen LogP contribution in [0.1, 0.15) is 29.5 Å². The third-order valence-corrected chi connectivity index (χ3v) is 8.42. The van der Waals surface area contributed by atoms with E-state index in [1.165, 1.54) is 18.1 Å². The van der Waals surface area contributed by atoms with Gasteiger partial charge in [-0.2, -0.15) is 0 Å².